The summed E-state index contributed by atoms with van der Waals surface area (Å²) < 4.78 is 34.4. The van der Waals surface area contributed by atoms with Crippen LogP contribution in [0.1, 0.15) is 138 Å². The molecule has 0 radical (unpaired) electrons. The highest BCUT2D eigenvalue weighted by Gasteiger charge is 2.62. The normalized spacial score (nSPS) is 34.5. The molecule has 10 heteroatoms. The molecule has 2 aromatic carbocycles. The smallest absolute Gasteiger partial charge is 0.115 e. The zero-order valence-electron chi connectivity index (χ0n) is 38.0. The first-order valence-electron chi connectivity index (χ1n) is 24.6. The van der Waals surface area contributed by atoms with Crippen LogP contribution in [0.25, 0.3) is 0 Å². The van der Waals surface area contributed by atoms with Crippen molar-refractivity contribution >= 4 is 0 Å². The Morgan fingerprint density at radius 1 is 0.468 bits per heavy atom. The van der Waals surface area contributed by atoms with Crippen molar-refractivity contribution in [3.8, 4) is 11.5 Å². The topological polar surface area (TPSA) is 136 Å². The molecule has 2 aromatic rings. The molecule has 62 heavy (non-hydrogen) atoms. The summed E-state index contributed by atoms with van der Waals surface area (Å²) in [5, 5.41) is 43.9. The molecule has 0 bridgehead atoms. The zero-order chi connectivity index (χ0) is 43.2. The number of rotatable bonds is 23. The predicted octanol–water partition coefficient (Wildman–Crippen LogP) is 8.63. The molecule has 4 N–H and O–H groups in total. The van der Waals surface area contributed by atoms with E-state index in [1.54, 1.807) is 0 Å². The van der Waals surface area contributed by atoms with Crippen molar-refractivity contribution in [3.05, 3.63) is 58.7 Å². The zero-order valence-corrected chi connectivity index (χ0v) is 38.0. The number of aryl methyl sites for hydroxylation is 2. The second kappa shape index (κ2) is 20.5. The summed E-state index contributed by atoms with van der Waals surface area (Å²) in [4.78, 5) is 0. The fourth-order valence-electron chi connectivity index (χ4n) is 14.3. The first-order chi connectivity index (χ1) is 30.1. The van der Waals surface area contributed by atoms with Crippen LogP contribution >= 0.6 is 0 Å². The van der Waals surface area contributed by atoms with E-state index in [9.17, 15) is 20.4 Å². The molecule has 0 spiro atoms. The van der Waals surface area contributed by atoms with E-state index in [2.05, 4.69) is 26.0 Å². The molecule has 10 nitrogen and oxygen atoms in total. The van der Waals surface area contributed by atoms with Crippen molar-refractivity contribution in [2.75, 3.05) is 79.3 Å². The quantitative estimate of drug-likeness (QED) is 0.0805. The van der Waals surface area contributed by atoms with Crippen molar-refractivity contribution in [1.82, 2.24) is 0 Å². The highest BCUT2D eigenvalue weighted by molar-refractivity contribution is 5.41. The fraction of sp³-hybridized carbons (Fsp3) is 0.769. The second-order valence-corrected chi connectivity index (χ2v) is 20.5. The highest BCUT2D eigenvalue weighted by atomic mass is 16.6. The van der Waals surface area contributed by atoms with E-state index in [4.69, 9.17) is 28.4 Å². The third-order valence-electron chi connectivity index (χ3n) is 17.7. The summed E-state index contributed by atoms with van der Waals surface area (Å²) in [5.41, 5.74) is 4.21. The molecule has 0 aliphatic heterocycles. The van der Waals surface area contributed by atoms with Gasteiger partial charge in [0, 0.05) is 13.2 Å². The van der Waals surface area contributed by atoms with Crippen LogP contribution in [0.15, 0.2) is 36.4 Å². The molecule has 6 aliphatic carbocycles. The van der Waals surface area contributed by atoms with Crippen molar-refractivity contribution in [2.45, 2.75) is 140 Å². The summed E-state index contributed by atoms with van der Waals surface area (Å²) in [6.45, 7) is 11.2. The van der Waals surface area contributed by atoms with Crippen LogP contribution < -0.4 is 0 Å². The Balaban J connectivity index is 0.584. The van der Waals surface area contributed by atoms with E-state index < -0.39 is 11.2 Å². The van der Waals surface area contributed by atoms with Crippen LogP contribution in [0.2, 0.25) is 0 Å². The fourth-order valence-corrected chi connectivity index (χ4v) is 14.3. The van der Waals surface area contributed by atoms with E-state index in [0.29, 0.717) is 126 Å². The molecule has 3 unspecified atom stereocenters. The third kappa shape index (κ3) is 9.65. The van der Waals surface area contributed by atoms with E-state index in [0.717, 1.165) is 103 Å². The third-order valence-corrected chi connectivity index (χ3v) is 17.7. The Labute approximate surface area is 371 Å². The molecular weight excluding hydrogens is 785 g/mol. The van der Waals surface area contributed by atoms with E-state index in [-0.39, 0.29) is 10.8 Å². The van der Waals surface area contributed by atoms with E-state index in [1.807, 2.05) is 24.3 Å². The van der Waals surface area contributed by atoms with Crippen LogP contribution in [0.3, 0.4) is 0 Å². The number of fused-ring (bicyclic) bond motifs is 10. The number of phenolic OH excluding ortho intramolecular Hbond substituents is 2. The number of hydrogen-bond donors (Lipinski definition) is 4. The van der Waals surface area contributed by atoms with Crippen LogP contribution in [0.5, 0.6) is 11.5 Å². The summed E-state index contributed by atoms with van der Waals surface area (Å²) in [6.07, 6.45) is 16.0. The van der Waals surface area contributed by atoms with Gasteiger partial charge in [-0.3, -0.25) is 0 Å². The summed E-state index contributed by atoms with van der Waals surface area (Å²) >= 11 is 0. The van der Waals surface area contributed by atoms with Gasteiger partial charge in [-0.05, 0) is 196 Å². The lowest BCUT2D eigenvalue weighted by atomic mass is 9.53. The first-order valence-corrected chi connectivity index (χ1v) is 24.6. The average Bonchev–Trinajstić information content (AvgIpc) is 3.69. The molecule has 6 aliphatic rings. The van der Waals surface area contributed by atoms with Crippen molar-refractivity contribution in [2.24, 2.45) is 34.5 Å². The van der Waals surface area contributed by atoms with Gasteiger partial charge in [0.15, 0.2) is 0 Å². The van der Waals surface area contributed by atoms with E-state index in [1.165, 1.54) is 22.3 Å². The summed E-state index contributed by atoms with van der Waals surface area (Å²) in [7, 11) is 0. The average molecular weight is 863 g/mol. The van der Waals surface area contributed by atoms with Gasteiger partial charge in [0.2, 0.25) is 0 Å². The lowest BCUT2D eigenvalue weighted by Gasteiger charge is -2.53. The first kappa shape index (κ1) is 46.3. The minimum Gasteiger partial charge on any atom is -0.508 e. The van der Waals surface area contributed by atoms with Gasteiger partial charge in [0.25, 0.3) is 0 Å². The van der Waals surface area contributed by atoms with Gasteiger partial charge in [0.05, 0.1) is 77.3 Å². The van der Waals surface area contributed by atoms with Crippen molar-refractivity contribution in [3.63, 3.8) is 0 Å². The summed E-state index contributed by atoms with van der Waals surface area (Å²) in [6, 6.07) is 11.9. The minimum absolute atomic E-state index is 0.0371. The SMILES string of the molecule is C[C@]12CCC3c4ccc(O)cc4CCC3C1CC[C@@]2(O)CCCOCCOCCOCCOCCOCCOCCC[C@]1(O)CC[C@H]2[C@@H]3CCc4cc(O)ccc4[C@H]3CC[C@@]21C. The van der Waals surface area contributed by atoms with Gasteiger partial charge in [-0.1, -0.05) is 26.0 Å². The highest BCUT2D eigenvalue weighted by Crippen LogP contribution is 2.66. The molecule has 8 rings (SSSR count). The van der Waals surface area contributed by atoms with Crippen LogP contribution in [-0.2, 0) is 41.3 Å². The van der Waals surface area contributed by atoms with Gasteiger partial charge < -0.3 is 48.8 Å². The maximum absolute atomic E-state index is 12.0. The van der Waals surface area contributed by atoms with Gasteiger partial charge in [-0.25, -0.2) is 0 Å². The Bertz CT molecular complexity index is 1630. The van der Waals surface area contributed by atoms with Gasteiger partial charge in [-0.15, -0.1) is 0 Å². The molecule has 4 saturated carbocycles. The number of aromatic hydroxyl groups is 2. The Morgan fingerprint density at radius 2 is 0.823 bits per heavy atom. The summed E-state index contributed by atoms with van der Waals surface area (Å²) in [5.74, 6) is 4.23. The molecule has 4 fully saturated rings. The van der Waals surface area contributed by atoms with Crippen molar-refractivity contribution in [1.29, 1.82) is 0 Å². The van der Waals surface area contributed by atoms with Crippen LogP contribution in [-0.4, -0.2) is 111 Å². The van der Waals surface area contributed by atoms with Gasteiger partial charge in [0.1, 0.15) is 11.5 Å². The Kier molecular flexibility index (Phi) is 15.3. The number of ether oxygens (including phenoxy) is 6. The minimum atomic E-state index is -0.620. The van der Waals surface area contributed by atoms with Gasteiger partial charge in [-0.2, -0.15) is 0 Å². The molecule has 0 amide bonds. The lowest BCUT2D eigenvalue weighted by molar-refractivity contribution is -0.110. The van der Waals surface area contributed by atoms with E-state index >= 15 is 0 Å². The van der Waals surface area contributed by atoms with Crippen LogP contribution in [0.4, 0.5) is 0 Å². The Morgan fingerprint density at radius 3 is 1.19 bits per heavy atom. The molecule has 10 atom stereocenters. The number of benzene rings is 2. The largest absolute Gasteiger partial charge is 0.508 e. The maximum atomic E-state index is 12.0. The Hall–Kier alpha value is -2.28. The van der Waals surface area contributed by atoms with Gasteiger partial charge >= 0.3 is 0 Å². The molecule has 346 valence electrons. The van der Waals surface area contributed by atoms with Crippen LogP contribution in [0, 0.1) is 34.5 Å². The maximum Gasteiger partial charge on any atom is 0.115 e. The van der Waals surface area contributed by atoms with Crippen molar-refractivity contribution < 1.29 is 48.8 Å². The predicted molar refractivity (Wildman–Crippen MR) is 239 cm³/mol. The molecule has 0 heterocycles. The standard InChI is InChI=1S/C52H78O10/c1-49-19-13-43-41-11-7-39(53)35-37(41)5-9-45(43)47(49)15-21-51(49,55)17-3-23-57-25-27-59-29-31-61-33-34-62-32-30-60-28-26-58-24-4-18-52(56)22-16-48-46-10-6-38-36-40(54)8-12-42(38)44(46)14-20-50(48,52)2/h7-8,11-12,35-36,43-48,53-56H,3-6,9-10,13-34H2,1-2H3/t43-,44?,45-,46?,47+,48?,49+,50+,51+,52+/m1/s1. The second-order valence-electron chi connectivity index (χ2n) is 20.5. The number of aliphatic hydroxyl groups is 2. The monoisotopic (exact) mass is 863 g/mol. The number of phenols is 2. The lowest BCUT2D eigenvalue weighted by Crippen LogP contribution is -2.50. The molecule has 0 saturated heterocycles. The molecule has 0 aromatic heterocycles. The molecular formula is C52H78O10. The number of hydrogen-bond acceptors (Lipinski definition) is 10.